The summed E-state index contributed by atoms with van der Waals surface area (Å²) in [6, 6.07) is 15.3. The van der Waals surface area contributed by atoms with Crippen LogP contribution in [0.1, 0.15) is 11.3 Å². The molecule has 1 aliphatic rings. The zero-order valence-electron chi connectivity index (χ0n) is 16.1. The number of hydrogen-bond donors (Lipinski definition) is 0. The Kier molecular flexibility index (Phi) is 6.03. The highest BCUT2D eigenvalue weighted by Gasteiger charge is 2.35. The highest BCUT2D eigenvalue weighted by molar-refractivity contribution is 8.18. The van der Waals surface area contributed by atoms with Crippen molar-refractivity contribution >= 4 is 40.6 Å². The fourth-order valence-electron chi connectivity index (χ4n) is 2.97. The number of hydrogen-bond acceptors (Lipinski definition) is 5. The fourth-order valence-corrected chi connectivity index (χ4v) is 3.98. The molecule has 2 amide bonds. The second-order valence-corrected chi connectivity index (χ2v) is 8.03. The summed E-state index contributed by atoms with van der Waals surface area (Å²) in [5, 5.41) is 0.0334. The number of thioether (sulfide) groups is 1. The van der Waals surface area contributed by atoms with Gasteiger partial charge in [-0.3, -0.25) is 14.5 Å². The molecule has 0 radical (unpaired) electrons. The summed E-state index contributed by atoms with van der Waals surface area (Å²) in [6.45, 7) is 0.0530. The van der Waals surface area contributed by atoms with Gasteiger partial charge in [0.1, 0.15) is 17.3 Å². The third kappa shape index (κ3) is 5.00. The van der Waals surface area contributed by atoms with E-state index in [9.17, 15) is 22.8 Å². The molecule has 0 saturated carbocycles. The molecule has 2 heterocycles. The van der Waals surface area contributed by atoms with Crippen molar-refractivity contribution in [3.05, 3.63) is 81.9 Å². The van der Waals surface area contributed by atoms with Crippen molar-refractivity contribution in [1.29, 1.82) is 0 Å². The molecule has 4 rings (SSSR count). The molecule has 1 aliphatic heterocycles. The first kappa shape index (κ1) is 22.0. The van der Waals surface area contributed by atoms with Crippen molar-refractivity contribution in [2.75, 3.05) is 0 Å². The van der Waals surface area contributed by atoms with Crippen LogP contribution < -0.4 is 4.74 Å². The number of amides is 2. The van der Waals surface area contributed by atoms with Crippen LogP contribution in [-0.4, -0.2) is 22.4 Å². The Morgan fingerprint density at radius 2 is 1.75 bits per heavy atom. The number of benzene rings is 2. The molecule has 2 aromatic carbocycles. The van der Waals surface area contributed by atoms with Gasteiger partial charge in [0.05, 0.1) is 11.4 Å². The highest BCUT2D eigenvalue weighted by Crippen LogP contribution is 2.35. The summed E-state index contributed by atoms with van der Waals surface area (Å²) >= 11 is 6.90. The molecule has 164 valence electrons. The first-order valence-corrected chi connectivity index (χ1v) is 10.3. The van der Waals surface area contributed by atoms with Gasteiger partial charge < -0.3 is 9.15 Å². The number of furan rings is 1. The molecule has 0 aliphatic carbocycles. The summed E-state index contributed by atoms with van der Waals surface area (Å²) in [4.78, 5) is 26.3. The highest BCUT2D eigenvalue weighted by atomic mass is 35.5. The third-order valence-electron chi connectivity index (χ3n) is 4.43. The first-order valence-electron chi connectivity index (χ1n) is 9.14. The van der Waals surface area contributed by atoms with Crippen molar-refractivity contribution in [1.82, 2.24) is 4.90 Å². The van der Waals surface area contributed by atoms with Gasteiger partial charge in [-0.05, 0) is 59.8 Å². The van der Waals surface area contributed by atoms with Gasteiger partial charge in [-0.1, -0.05) is 29.8 Å². The standard InChI is InChI=1S/C22H13ClF3NO4S/c23-17-4-2-1-3-14(17)12-27-20(28)19(32-21(27)29)11-16-9-10-18(30-16)13-5-7-15(8-6-13)31-22(24,25)26/h1-11H,12H2/b19-11-. The maximum atomic E-state index is 12.7. The van der Waals surface area contributed by atoms with Crippen LogP contribution in [0.15, 0.2) is 70.0 Å². The number of rotatable bonds is 5. The molecular formula is C22H13ClF3NO4S. The van der Waals surface area contributed by atoms with Crippen molar-refractivity contribution < 1.29 is 31.9 Å². The summed E-state index contributed by atoms with van der Waals surface area (Å²) < 4.78 is 46.4. The average molecular weight is 480 g/mol. The average Bonchev–Trinajstić information content (AvgIpc) is 3.29. The molecule has 0 N–H and O–H groups in total. The summed E-state index contributed by atoms with van der Waals surface area (Å²) in [5.41, 5.74) is 1.17. The van der Waals surface area contributed by atoms with Crippen molar-refractivity contribution in [3.63, 3.8) is 0 Å². The van der Waals surface area contributed by atoms with Crippen LogP contribution in [-0.2, 0) is 11.3 Å². The normalized spacial score (nSPS) is 15.6. The molecule has 0 bridgehead atoms. The number of carbonyl (C=O) groups excluding carboxylic acids is 2. The van der Waals surface area contributed by atoms with E-state index in [1.165, 1.54) is 30.3 Å². The van der Waals surface area contributed by atoms with Gasteiger partial charge in [-0.2, -0.15) is 0 Å². The SMILES string of the molecule is O=C1S/C(=C\c2ccc(-c3ccc(OC(F)(F)F)cc3)o2)C(=O)N1Cc1ccccc1Cl. The van der Waals surface area contributed by atoms with Crippen LogP contribution in [0.2, 0.25) is 5.02 Å². The van der Waals surface area contributed by atoms with Crippen LogP contribution in [0.4, 0.5) is 18.0 Å². The van der Waals surface area contributed by atoms with E-state index in [1.807, 2.05) is 0 Å². The van der Waals surface area contributed by atoms with Gasteiger partial charge in [-0.15, -0.1) is 13.2 Å². The lowest BCUT2D eigenvalue weighted by atomic mass is 10.2. The predicted octanol–water partition coefficient (Wildman–Crippen LogP) is 6.74. The van der Waals surface area contributed by atoms with Crippen molar-refractivity contribution in [2.24, 2.45) is 0 Å². The predicted molar refractivity (Wildman–Crippen MR) is 114 cm³/mol. The van der Waals surface area contributed by atoms with Gasteiger partial charge in [0, 0.05) is 16.7 Å². The number of ether oxygens (including phenoxy) is 1. The lowest BCUT2D eigenvalue weighted by molar-refractivity contribution is -0.274. The van der Waals surface area contributed by atoms with Crippen LogP contribution in [0, 0.1) is 0 Å². The molecule has 0 atom stereocenters. The Labute approximate surface area is 189 Å². The van der Waals surface area contributed by atoms with Crippen LogP contribution in [0.5, 0.6) is 5.75 Å². The van der Waals surface area contributed by atoms with E-state index in [1.54, 1.807) is 36.4 Å². The summed E-state index contributed by atoms with van der Waals surface area (Å²) in [5.74, 6) is -0.115. The number of imide groups is 1. The van der Waals surface area contributed by atoms with Crippen LogP contribution in [0.25, 0.3) is 17.4 Å². The number of carbonyl (C=O) groups is 2. The lowest BCUT2D eigenvalue weighted by Crippen LogP contribution is -2.27. The van der Waals surface area contributed by atoms with Gasteiger partial charge in [0.2, 0.25) is 0 Å². The minimum absolute atomic E-state index is 0.0530. The molecule has 0 spiro atoms. The summed E-state index contributed by atoms with van der Waals surface area (Å²) in [6.07, 6.45) is -3.32. The zero-order valence-corrected chi connectivity index (χ0v) is 17.6. The van der Waals surface area contributed by atoms with E-state index in [2.05, 4.69) is 4.74 Å². The van der Waals surface area contributed by atoms with E-state index in [4.69, 9.17) is 16.0 Å². The molecule has 3 aromatic rings. The fraction of sp³-hybridized carbons (Fsp3) is 0.0909. The van der Waals surface area contributed by atoms with Crippen molar-refractivity contribution in [3.8, 4) is 17.1 Å². The van der Waals surface area contributed by atoms with E-state index >= 15 is 0 Å². The number of nitrogens with zero attached hydrogens (tertiary/aromatic N) is 1. The number of alkyl halides is 3. The molecule has 1 aromatic heterocycles. The van der Waals surface area contributed by atoms with Gasteiger partial charge in [-0.25, -0.2) is 0 Å². The first-order chi connectivity index (χ1) is 15.2. The summed E-state index contributed by atoms with van der Waals surface area (Å²) in [7, 11) is 0. The molecule has 1 fully saturated rings. The third-order valence-corrected chi connectivity index (χ3v) is 5.71. The van der Waals surface area contributed by atoms with E-state index in [-0.39, 0.29) is 17.2 Å². The Bertz CT molecular complexity index is 1200. The second-order valence-electron chi connectivity index (χ2n) is 6.63. The van der Waals surface area contributed by atoms with Gasteiger partial charge >= 0.3 is 6.36 Å². The Balaban J connectivity index is 1.49. The molecule has 1 saturated heterocycles. The van der Waals surface area contributed by atoms with E-state index in [0.717, 1.165) is 16.7 Å². The monoisotopic (exact) mass is 479 g/mol. The Morgan fingerprint density at radius 1 is 1.03 bits per heavy atom. The Morgan fingerprint density at radius 3 is 2.44 bits per heavy atom. The van der Waals surface area contributed by atoms with Crippen LogP contribution in [0.3, 0.4) is 0 Å². The minimum Gasteiger partial charge on any atom is -0.457 e. The largest absolute Gasteiger partial charge is 0.573 e. The molecule has 10 heteroatoms. The minimum atomic E-state index is -4.77. The molecule has 5 nitrogen and oxygen atoms in total. The van der Waals surface area contributed by atoms with Gasteiger partial charge in [0.25, 0.3) is 11.1 Å². The topological polar surface area (TPSA) is 59.8 Å². The molecule has 0 unspecified atom stereocenters. The molecule has 32 heavy (non-hydrogen) atoms. The van der Waals surface area contributed by atoms with Gasteiger partial charge in [0.15, 0.2) is 0 Å². The Hall–Kier alpha value is -3.17. The van der Waals surface area contributed by atoms with Crippen LogP contribution >= 0.6 is 23.4 Å². The number of halogens is 4. The van der Waals surface area contributed by atoms with E-state index in [0.29, 0.717) is 27.7 Å². The quantitative estimate of drug-likeness (QED) is 0.379. The zero-order chi connectivity index (χ0) is 22.9. The lowest BCUT2D eigenvalue weighted by Gasteiger charge is -2.13. The maximum Gasteiger partial charge on any atom is 0.573 e. The van der Waals surface area contributed by atoms with Crippen molar-refractivity contribution in [2.45, 2.75) is 12.9 Å². The smallest absolute Gasteiger partial charge is 0.457 e. The second kappa shape index (κ2) is 8.76. The molecular weight excluding hydrogens is 467 g/mol. The van der Waals surface area contributed by atoms with E-state index < -0.39 is 17.5 Å². The maximum absolute atomic E-state index is 12.7.